The Morgan fingerprint density at radius 3 is 2.29 bits per heavy atom. The lowest BCUT2D eigenvalue weighted by atomic mass is 9.96. The molecule has 1 saturated heterocycles. The molecule has 0 spiro atoms. The SMILES string of the molecule is Clc1ccc(C(c2ccc3c(c2)OCCO3)N2CCNCC2)cc1. The number of halogens is 1. The van der Waals surface area contributed by atoms with E-state index in [0.29, 0.717) is 13.2 Å². The third kappa shape index (κ3) is 3.22. The van der Waals surface area contributed by atoms with Gasteiger partial charge in [-0.1, -0.05) is 29.8 Å². The maximum Gasteiger partial charge on any atom is 0.161 e. The van der Waals surface area contributed by atoms with Crippen LogP contribution in [0.25, 0.3) is 0 Å². The van der Waals surface area contributed by atoms with Crippen LogP contribution in [0.5, 0.6) is 11.5 Å². The fourth-order valence-corrected chi connectivity index (χ4v) is 3.56. The van der Waals surface area contributed by atoms with Crippen molar-refractivity contribution in [3.05, 3.63) is 58.6 Å². The summed E-state index contributed by atoms with van der Waals surface area (Å²) in [5.41, 5.74) is 2.47. The molecule has 1 unspecified atom stereocenters. The molecule has 24 heavy (non-hydrogen) atoms. The molecule has 2 aromatic rings. The number of hydrogen-bond acceptors (Lipinski definition) is 4. The van der Waals surface area contributed by atoms with Gasteiger partial charge in [0.1, 0.15) is 13.2 Å². The molecule has 1 atom stereocenters. The molecule has 4 rings (SSSR count). The summed E-state index contributed by atoms with van der Waals surface area (Å²) in [7, 11) is 0. The van der Waals surface area contributed by atoms with Crippen molar-refractivity contribution in [2.45, 2.75) is 6.04 Å². The number of hydrogen-bond donors (Lipinski definition) is 1. The summed E-state index contributed by atoms with van der Waals surface area (Å²) in [4.78, 5) is 2.51. The van der Waals surface area contributed by atoms with E-state index in [0.717, 1.165) is 42.7 Å². The zero-order valence-electron chi connectivity index (χ0n) is 13.5. The molecular weight excluding hydrogens is 324 g/mol. The molecular formula is C19H21ClN2O2. The molecule has 0 saturated carbocycles. The highest BCUT2D eigenvalue weighted by atomic mass is 35.5. The molecule has 2 aliphatic rings. The van der Waals surface area contributed by atoms with Gasteiger partial charge >= 0.3 is 0 Å². The van der Waals surface area contributed by atoms with Crippen LogP contribution in [0.15, 0.2) is 42.5 Å². The van der Waals surface area contributed by atoms with Gasteiger partial charge in [-0.15, -0.1) is 0 Å². The summed E-state index contributed by atoms with van der Waals surface area (Å²) >= 11 is 6.08. The molecule has 2 heterocycles. The van der Waals surface area contributed by atoms with Gasteiger partial charge in [0.05, 0.1) is 6.04 Å². The second-order valence-electron chi connectivity index (χ2n) is 6.14. The Labute approximate surface area is 147 Å². The molecule has 1 N–H and O–H groups in total. The Morgan fingerprint density at radius 2 is 1.54 bits per heavy atom. The fraction of sp³-hybridized carbons (Fsp3) is 0.368. The van der Waals surface area contributed by atoms with E-state index in [1.54, 1.807) is 0 Å². The lowest BCUT2D eigenvalue weighted by Gasteiger charge is -2.36. The molecule has 0 aliphatic carbocycles. The molecule has 2 aliphatic heterocycles. The monoisotopic (exact) mass is 344 g/mol. The molecule has 5 heteroatoms. The van der Waals surface area contributed by atoms with Crippen LogP contribution in [0.1, 0.15) is 17.2 Å². The van der Waals surface area contributed by atoms with Gasteiger partial charge in [0.2, 0.25) is 0 Å². The minimum absolute atomic E-state index is 0.195. The van der Waals surface area contributed by atoms with Crippen molar-refractivity contribution in [3.8, 4) is 11.5 Å². The molecule has 0 bridgehead atoms. The summed E-state index contributed by atoms with van der Waals surface area (Å²) in [6.45, 7) is 5.27. The molecule has 126 valence electrons. The summed E-state index contributed by atoms with van der Waals surface area (Å²) in [5, 5.41) is 4.19. The van der Waals surface area contributed by atoms with Crippen molar-refractivity contribution in [2.75, 3.05) is 39.4 Å². The van der Waals surface area contributed by atoms with Gasteiger partial charge < -0.3 is 14.8 Å². The van der Waals surface area contributed by atoms with Crippen LogP contribution in [0.2, 0.25) is 5.02 Å². The summed E-state index contributed by atoms with van der Waals surface area (Å²) < 4.78 is 11.4. The quantitative estimate of drug-likeness (QED) is 0.927. The second-order valence-corrected chi connectivity index (χ2v) is 6.58. The molecule has 0 radical (unpaired) electrons. The lowest BCUT2D eigenvalue weighted by molar-refractivity contribution is 0.169. The maximum atomic E-state index is 6.08. The Morgan fingerprint density at radius 1 is 0.875 bits per heavy atom. The highest BCUT2D eigenvalue weighted by Gasteiger charge is 2.25. The standard InChI is InChI=1S/C19H21ClN2O2/c20-16-4-1-14(2-5-16)19(22-9-7-21-8-10-22)15-3-6-17-18(13-15)24-12-11-23-17/h1-6,13,19,21H,7-12H2. The van der Waals surface area contributed by atoms with Gasteiger partial charge in [-0.05, 0) is 35.4 Å². The zero-order chi connectivity index (χ0) is 16.4. The average molecular weight is 345 g/mol. The maximum absolute atomic E-state index is 6.08. The van der Waals surface area contributed by atoms with Crippen molar-refractivity contribution in [2.24, 2.45) is 0 Å². The minimum Gasteiger partial charge on any atom is -0.486 e. The highest BCUT2D eigenvalue weighted by Crippen LogP contribution is 2.37. The van der Waals surface area contributed by atoms with E-state index in [1.807, 2.05) is 18.2 Å². The van der Waals surface area contributed by atoms with E-state index in [4.69, 9.17) is 21.1 Å². The largest absolute Gasteiger partial charge is 0.486 e. The molecule has 4 nitrogen and oxygen atoms in total. The highest BCUT2D eigenvalue weighted by molar-refractivity contribution is 6.30. The van der Waals surface area contributed by atoms with E-state index in [2.05, 4.69) is 34.5 Å². The van der Waals surface area contributed by atoms with Gasteiger partial charge in [-0.3, -0.25) is 4.90 Å². The molecule has 0 amide bonds. The first-order chi connectivity index (χ1) is 11.8. The zero-order valence-corrected chi connectivity index (χ0v) is 14.3. The number of nitrogens with zero attached hydrogens (tertiary/aromatic N) is 1. The van der Waals surface area contributed by atoms with Crippen LogP contribution < -0.4 is 14.8 Å². The van der Waals surface area contributed by atoms with Crippen LogP contribution in [-0.4, -0.2) is 44.3 Å². The second kappa shape index (κ2) is 7.01. The lowest BCUT2D eigenvalue weighted by Crippen LogP contribution is -2.45. The number of ether oxygens (including phenoxy) is 2. The minimum atomic E-state index is 0.195. The van der Waals surface area contributed by atoms with Gasteiger partial charge in [-0.25, -0.2) is 0 Å². The predicted molar refractivity (Wildman–Crippen MR) is 95.2 cm³/mol. The number of piperazine rings is 1. The van der Waals surface area contributed by atoms with Crippen LogP contribution in [0, 0.1) is 0 Å². The molecule has 2 aromatic carbocycles. The predicted octanol–water partition coefficient (Wildman–Crippen LogP) is 3.11. The first-order valence-corrected chi connectivity index (χ1v) is 8.79. The number of rotatable bonds is 3. The van der Waals surface area contributed by atoms with Gasteiger partial charge in [-0.2, -0.15) is 0 Å². The van der Waals surface area contributed by atoms with Crippen molar-refractivity contribution in [1.82, 2.24) is 10.2 Å². The normalized spacial score (nSPS) is 19.0. The topological polar surface area (TPSA) is 33.7 Å². The fourth-order valence-electron chi connectivity index (χ4n) is 3.43. The number of benzene rings is 2. The van der Waals surface area contributed by atoms with E-state index in [9.17, 15) is 0 Å². The van der Waals surface area contributed by atoms with E-state index >= 15 is 0 Å². The van der Waals surface area contributed by atoms with Crippen LogP contribution in [0.3, 0.4) is 0 Å². The Kier molecular flexibility index (Phi) is 4.60. The van der Waals surface area contributed by atoms with Crippen LogP contribution >= 0.6 is 11.6 Å². The smallest absolute Gasteiger partial charge is 0.161 e. The summed E-state index contributed by atoms with van der Waals surface area (Å²) in [6.07, 6.45) is 0. The van der Waals surface area contributed by atoms with Gasteiger partial charge in [0.25, 0.3) is 0 Å². The summed E-state index contributed by atoms with van der Waals surface area (Å²) in [6, 6.07) is 14.6. The van der Waals surface area contributed by atoms with E-state index in [-0.39, 0.29) is 6.04 Å². The average Bonchev–Trinajstić information content (AvgIpc) is 2.64. The van der Waals surface area contributed by atoms with Crippen molar-refractivity contribution in [1.29, 1.82) is 0 Å². The Hall–Kier alpha value is -1.75. The van der Waals surface area contributed by atoms with Crippen molar-refractivity contribution in [3.63, 3.8) is 0 Å². The van der Waals surface area contributed by atoms with Crippen molar-refractivity contribution < 1.29 is 9.47 Å². The third-order valence-electron chi connectivity index (χ3n) is 4.58. The Bertz CT molecular complexity index is 699. The van der Waals surface area contributed by atoms with Crippen LogP contribution in [-0.2, 0) is 0 Å². The van der Waals surface area contributed by atoms with Crippen LogP contribution in [0.4, 0.5) is 0 Å². The Balaban J connectivity index is 1.72. The van der Waals surface area contributed by atoms with Gasteiger partial charge in [0.15, 0.2) is 11.5 Å². The third-order valence-corrected chi connectivity index (χ3v) is 4.84. The van der Waals surface area contributed by atoms with Crippen molar-refractivity contribution >= 4 is 11.6 Å². The van der Waals surface area contributed by atoms with E-state index < -0.39 is 0 Å². The number of nitrogens with one attached hydrogen (secondary N) is 1. The molecule has 1 fully saturated rings. The summed E-state index contributed by atoms with van der Waals surface area (Å²) in [5.74, 6) is 1.67. The molecule has 0 aromatic heterocycles. The first kappa shape index (κ1) is 15.8. The van der Waals surface area contributed by atoms with Gasteiger partial charge in [0, 0.05) is 31.2 Å². The van der Waals surface area contributed by atoms with E-state index in [1.165, 1.54) is 11.1 Å². The number of fused-ring (bicyclic) bond motifs is 1. The first-order valence-electron chi connectivity index (χ1n) is 8.41.